The Kier molecular flexibility index (Phi) is 4.38. The first kappa shape index (κ1) is 16.2. The molecule has 0 atom stereocenters. The van der Waals surface area contributed by atoms with E-state index in [1.54, 1.807) is 33.5 Å². The fourth-order valence-electron chi connectivity index (χ4n) is 2.86. The highest BCUT2D eigenvalue weighted by Gasteiger charge is 2.13. The first-order chi connectivity index (χ1) is 11.5. The van der Waals surface area contributed by atoms with Crippen LogP contribution in [0.5, 0.6) is 0 Å². The molecule has 0 aliphatic rings. The zero-order valence-electron chi connectivity index (χ0n) is 14.2. The molecule has 2 heterocycles. The van der Waals surface area contributed by atoms with Crippen molar-refractivity contribution in [1.29, 1.82) is 0 Å². The summed E-state index contributed by atoms with van der Waals surface area (Å²) in [6.07, 6.45) is 2.55. The third kappa shape index (κ3) is 2.79. The van der Waals surface area contributed by atoms with Crippen molar-refractivity contribution in [2.75, 3.05) is 6.54 Å². The summed E-state index contributed by atoms with van der Waals surface area (Å²) in [5.74, 6) is 0.425. The van der Waals surface area contributed by atoms with Gasteiger partial charge in [-0.3, -0.25) is 9.59 Å². The quantitative estimate of drug-likeness (QED) is 0.783. The van der Waals surface area contributed by atoms with Crippen molar-refractivity contribution in [3.05, 3.63) is 46.4 Å². The second-order valence-corrected chi connectivity index (χ2v) is 6.32. The fourth-order valence-corrected chi connectivity index (χ4v) is 2.86. The van der Waals surface area contributed by atoms with Gasteiger partial charge < -0.3 is 9.88 Å². The molecule has 0 aliphatic heterocycles. The van der Waals surface area contributed by atoms with Gasteiger partial charge in [-0.1, -0.05) is 13.8 Å². The minimum Gasteiger partial charge on any atom is -0.352 e. The first-order valence-electron chi connectivity index (χ1n) is 8.31. The molecular weight excluding hydrogens is 304 g/mol. The molecule has 3 rings (SSSR count). The Balaban J connectivity index is 2.06. The van der Waals surface area contributed by atoms with Crippen LogP contribution in [-0.4, -0.2) is 26.6 Å². The van der Waals surface area contributed by atoms with Gasteiger partial charge in [-0.15, -0.1) is 0 Å². The number of carbonyl (C=O) groups excluding carboxylic acids is 1. The second kappa shape index (κ2) is 6.47. The lowest BCUT2D eigenvalue weighted by Crippen LogP contribution is -2.26. The summed E-state index contributed by atoms with van der Waals surface area (Å²) in [5, 5.41) is 7.16. The number of benzene rings is 1. The summed E-state index contributed by atoms with van der Waals surface area (Å²) in [4.78, 5) is 24.9. The highest BCUT2D eigenvalue weighted by molar-refractivity contribution is 5.97. The van der Waals surface area contributed by atoms with Crippen molar-refractivity contribution in [2.24, 2.45) is 5.92 Å². The maximum absolute atomic E-state index is 12.6. The van der Waals surface area contributed by atoms with Crippen molar-refractivity contribution in [3.8, 4) is 0 Å². The summed E-state index contributed by atoms with van der Waals surface area (Å²) < 4.78 is 3.31. The average Bonchev–Trinajstić information content (AvgIpc) is 3.04. The zero-order valence-corrected chi connectivity index (χ0v) is 14.2. The van der Waals surface area contributed by atoms with Crippen LogP contribution < -0.4 is 10.9 Å². The smallest absolute Gasteiger partial charge is 0.277 e. The van der Waals surface area contributed by atoms with Crippen LogP contribution in [0.4, 0.5) is 0 Å². The van der Waals surface area contributed by atoms with Gasteiger partial charge in [-0.2, -0.15) is 5.10 Å². The number of fused-ring (bicyclic) bond motifs is 3. The van der Waals surface area contributed by atoms with E-state index in [4.69, 9.17) is 0 Å². The first-order valence-corrected chi connectivity index (χ1v) is 8.31. The van der Waals surface area contributed by atoms with Crippen LogP contribution in [-0.2, 0) is 6.54 Å². The maximum atomic E-state index is 12.6. The van der Waals surface area contributed by atoms with E-state index < -0.39 is 0 Å². The van der Waals surface area contributed by atoms with E-state index >= 15 is 0 Å². The number of aromatic nitrogens is 3. The van der Waals surface area contributed by atoms with Crippen molar-refractivity contribution in [1.82, 2.24) is 19.5 Å². The van der Waals surface area contributed by atoms with Crippen LogP contribution in [0.1, 0.15) is 37.6 Å². The summed E-state index contributed by atoms with van der Waals surface area (Å²) in [6, 6.07) is 7.10. The number of hydrogen-bond donors (Lipinski definition) is 1. The summed E-state index contributed by atoms with van der Waals surface area (Å²) >= 11 is 0. The third-order valence-electron chi connectivity index (χ3n) is 4.19. The minimum atomic E-state index is -0.117. The Morgan fingerprint density at radius 2 is 2.00 bits per heavy atom. The molecule has 0 aliphatic carbocycles. The summed E-state index contributed by atoms with van der Waals surface area (Å²) in [6.45, 7) is 7.35. The topological polar surface area (TPSA) is 68.4 Å². The van der Waals surface area contributed by atoms with E-state index in [0.29, 0.717) is 30.1 Å². The lowest BCUT2D eigenvalue weighted by molar-refractivity contribution is 0.0952. The normalized spacial score (nSPS) is 11.5. The van der Waals surface area contributed by atoms with Crippen molar-refractivity contribution in [3.63, 3.8) is 0 Å². The molecule has 24 heavy (non-hydrogen) atoms. The molecule has 1 aromatic carbocycles. The van der Waals surface area contributed by atoms with Gasteiger partial charge in [0.15, 0.2) is 0 Å². The fraction of sp³-hybridized carbons (Fsp3) is 0.389. The van der Waals surface area contributed by atoms with Crippen LogP contribution in [0.15, 0.2) is 35.3 Å². The van der Waals surface area contributed by atoms with E-state index in [9.17, 15) is 9.59 Å². The van der Waals surface area contributed by atoms with Crippen molar-refractivity contribution < 1.29 is 4.79 Å². The molecule has 0 saturated heterocycles. The Bertz CT molecular complexity index is 953. The van der Waals surface area contributed by atoms with Crippen LogP contribution in [0, 0.1) is 5.92 Å². The van der Waals surface area contributed by atoms with Gasteiger partial charge in [0.25, 0.3) is 11.5 Å². The SMILES string of the molecule is CCn1c(=O)c2ccnn2c2ccc(C(=O)NCCC(C)C)cc21. The molecule has 1 N–H and O–H groups in total. The molecule has 6 nitrogen and oxygen atoms in total. The van der Waals surface area contributed by atoms with Crippen molar-refractivity contribution in [2.45, 2.75) is 33.7 Å². The van der Waals surface area contributed by atoms with Gasteiger partial charge >= 0.3 is 0 Å². The Labute approximate surface area is 140 Å². The largest absolute Gasteiger partial charge is 0.352 e. The number of hydrogen-bond acceptors (Lipinski definition) is 3. The number of carbonyl (C=O) groups is 1. The molecule has 126 valence electrons. The predicted molar refractivity (Wildman–Crippen MR) is 94.4 cm³/mol. The Hall–Kier alpha value is -2.63. The summed E-state index contributed by atoms with van der Waals surface area (Å²) in [7, 11) is 0. The molecule has 3 aromatic rings. The monoisotopic (exact) mass is 326 g/mol. The highest BCUT2D eigenvalue weighted by Crippen LogP contribution is 2.16. The minimum absolute atomic E-state index is 0.0973. The molecular formula is C18H22N4O2. The molecule has 0 saturated carbocycles. The molecule has 0 bridgehead atoms. The number of amides is 1. The molecule has 0 unspecified atom stereocenters. The second-order valence-electron chi connectivity index (χ2n) is 6.32. The lowest BCUT2D eigenvalue weighted by Gasteiger charge is -2.12. The van der Waals surface area contributed by atoms with Gasteiger partial charge in [-0.25, -0.2) is 4.52 Å². The van der Waals surface area contributed by atoms with Crippen LogP contribution >= 0.6 is 0 Å². The predicted octanol–water partition coefficient (Wildman–Crippen LogP) is 2.45. The molecule has 0 radical (unpaired) electrons. The molecule has 6 heteroatoms. The summed E-state index contributed by atoms with van der Waals surface area (Å²) in [5.41, 5.74) is 2.53. The van der Waals surface area contributed by atoms with E-state index in [1.807, 2.05) is 13.0 Å². The van der Waals surface area contributed by atoms with E-state index in [-0.39, 0.29) is 11.5 Å². The van der Waals surface area contributed by atoms with Gasteiger partial charge in [0.2, 0.25) is 0 Å². The van der Waals surface area contributed by atoms with E-state index in [0.717, 1.165) is 17.5 Å². The van der Waals surface area contributed by atoms with Gasteiger partial charge in [0.1, 0.15) is 5.52 Å². The molecule has 0 spiro atoms. The number of nitrogens with one attached hydrogen (secondary N) is 1. The van der Waals surface area contributed by atoms with E-state index in [1.165, 1.54) is 0 Å². The zero-order chi connectivity index (χ0) is 17.3. The highest BCUT2D eigenvalue weighted by atomic mass is 16.1. The number of nitrogens with zero attached hydrogens (tertiary/aromatic N) is 3. The molecule has 0 fully saturated rings. The average molecular weight is 326 g/mol. The Morgan fingerprint density at radius 1 is 1.21 bits per heavy atom. The standard InChI is InChI=1S/C18H22N4O2/c1-4-21-16-11-13(17(23)19-9-7-12(2)3)5-6-14(16)22-15(18(21)24)8-10-20-22/h5-6,8,10-12H,4,7,9H2,1-3H3,(H,19,23). The number of aryl methyl sites for hydroxylation is 1. The van der Waals surface area contributed by atoms with Gasteiger partial charge in [0.05, 0.1) is 17.2 Å². The van der Waals surface area contributed by atoms with Gasteiger partial charge in [-0.05, 0) is 43.5 Å². The van der Waals surface area contributed by atoms with Crippen LogP contribution in [0.25, 0.3) is 16.6 Å². The Morgan fingerprint density at radius 3 is 2.71 bits per heavy atom. The van der Waals surface area contributed by atoms with E-state index in [2.05, 4.69) is 24.3 Å². The maximum Gasteiger partial charge on any atom is 0.277 e. The molecule has 1 amide bonds. The van der Waals surface area contributed by atoms with Crippen LogP contribution in [0.2, 0.25) is 0 Å². The van der Waals surface area contributed by atoms with Crippen LogP contribution in [0.3, 0.4) is 0 Å². The third-order valence-corrected chi connectivity index (χ3v) is 4.19. The molecule has 2 aromatic heterocycles. The lowest BCUT2D eigenvalue weighted by atomic mass is 10.1. The number of rotatable bonds is 5. The van der Waals surface area contributed by atoms with Gasteiger partial charge in [0, 0.05) is 18.7 Å². The van der Waals surface area contributed by atoms with Crippen molar-refractivity contribution >= 4 is 22.5 Å².